The van der Waals surface area contributed by atoms with Crippen LogP contribution in [-0.4, -0.2) is 38.6 Å². The Kier molecular flexibility index (Phi) is 7.56. The number of aliphatic imine (C=N–C) groups is 1. The molecule has 0 aromatic carbocycles. The molecule has 3 aromatic rings. The van der Waals surface area contributed by atoms with Crippen LogP contribution in [0.3, 0.4) is 0 Å². The van der Waals surface area contributed by atoms with Crippen molar-refractivity contribution in [3.8, 4) is 0 Å². The van der Waals surface area contributed by atoms with Crippen LogP contribution in [0.5, 0.6) is 0 Å². The number of aryl methyl sites for hydroxylation is 1. The summed E-state index contributed by atoms with van der Waals surface area (Å²) in [5.74, 6) is 1.59. The van der Waals surface area contributed by atoms with Gasteiger partial charge in [-0.3, -0.25) is 4.40 Å². The van der Waals surface area contributed by atoms with E-state index in [0.29, 0.717) is 6.54 Å². The molecule has 0 atom stereocenters. The second-order valence-electron chi connectivity index (χ2n) is 5.27. The van der Waals surface area contributed by atoms with Crippen LogP contribution in [0.25, 0.3) is 5.65 Å². The molecular formula is C16H22IN7S. The molecule has 0 spiro atoms. The number of hydrogen-bond donors (Lipinski definition) is 2. The lowest BCUT2D eigenvalue weighted by atomic mass is 10.3. The molecule has 134 valence electrons. The number of hydrogen-bond acceptors (Lipinski definition) is 5. The molecule has 3 heterocycles. The smallest absolute Gasteiger partial charge is 0.191 e. The molecule has 7 nitrogen and oxygen atoms in total. The van der Waals surface area contributed by atoms with Gasteiger partial charge in [0, 0.05) is 31.1 Å². The minimum Gasteiger partial charge on any atom is -0.357 e. The molecule has 0 aliphatic heterocycles. The van der Waals surface area contributed by atoms with Gasteiger partial charge in [-0.15, -0.1) is 45.5 Å². The summed E-state index contributed by atoms with van der Waals surface area (Å²) in [6.07, 6.45) is 2.83. The van der Waals surface area contributed by atoms with Crippen LogP contribution < -0.4 is 10.6 Å². The Morgan fingerprint density at radius 2 is 2.16 bits per heavy atom. The van der Waals surface area contributed by atoms with E-state index in [1.807, 2.05) is 42.6 Å². The van der Waals surface area contributed by atoms with Crippen molar-refractivity contribution in [2.45, 2.75) is 26.8 Å². The summed E-state index contributed by atoms with van der Waals surface area (Å²) >= 11 is 1.68. The number of aromatic nitrogens is 4. The van der Waals surface area contributed by atoms with Gasteiger partial charge in [-0.2, -0.15) is 0 Å². The second kappa shape index (κ2) is 9.66. The third-order valence-electron chi connectivity index (χ3n) is 3.45. The van der Waals surface area contributed by atoms with Gasteiger partial charge in [0.25, 0.3) is 0 Å². The predicted molar refractivity (Wildman–Crippen MR) is 112 cm³/mol. The molecule has 0 fully saturated rings. The SMILES string of the molecule is CCNC(=NCc1nnc2ccccn12)NCCc1csc(C)n1.I. The fourth-order valence-electron chi connectivity index (χ4n) is 2.32. The molecule has 2 N–H and O–H groups in total. The van der Waals surface area contributed by atoms with Crippen molar-refractivity contribution in [2.24, 2.45) is 4.99 Å². The molecule has 0 saturated heterocycles. The highest BCUT2D eigenvalue weighted by molar-refractivity contribution is 14.0. The first-order chi connectivity index (χ1) is 11.8. The van der Waals surface area contributed by atoms with Gasteiger partial charge in [-0.25, -0.2) is 9.98 Å². The lowest BCUT2D eigenvalue weighted by molar-refractivity contribution is 0.780. The van der Waals surface area contributed by atoms with Gasteiger partial charge in [0.15, 0.2) is 17.4 Å². The summed E-state index contributed by atoms with van der Waals surface area (Å²) in [6, 6.07) is 5.84. The van der Waals surface area contributed by atoms with Gasteiger partial charge >= 0.3 is 0 Å². The van der Waals surface area contributed by atoms with Crippen molar-refractivity contribution in [3.05, 3.63) is 46.3 Å². The van der Waals surface area contributed by atoms with E-state index in [9.17, 15) is 0 Å². The van der Waals surface area contributed by atoms with E-state index in [4.69, 9.17) is 0 Å². The number of guanidine groups is 1. The van der Waals surface area contributed by atoms with Gasteiger partial charge in [0.05, 0.1) is 10.7 Å². The molecule has 3 aromatic heterocycles. The Bertz CT molecular complexity index is 827. The van der Waals surface area contributed by atoms with E-state index in [1.54, 1.807) is 11.3 Å². The van der Waals surface area contributed by atoms with Gasteiger partial charge in [0.1, 0.15) is 6.54 Å². The molecule has 0 radical (unpaired) electrons. The molecule has 0 amide bonds. The number of nitrogens with zero attached hydrogens (tertiary/aromatic N) is 5. The van der Waals surface area contributed by atoms with E-state index in [-0.39, 0.29) is 24.0 Å². The quantitative estimate of drug-likeness (QED) is 0.328. The number of fused-ring (bicyclic) bond motifs is 1. The normalized spacial score (nSPS) is 11.4. The molecule has 0 unspecified atom stereocenters. The fourth-order valence-corrected chi connectivity index (χ4v) is 2.97. The third-order valence-corrected chi connectivity index (χ3v) is 4.27. The Balaban J connectivity index is 0.00000225. The average Bonchev–Trinajstić information content (AvgIpc) is 3.19. The van der Waals surface area contributed by atoms with Crippen LogP contribution in [0, 0.1) is 6.92 Å². The first-order valence-electron chi connectivity index (χ1n) is 7.98. The predicted octanol–water partition coefficient (Wildman–Crippen LogP) is 2.41. The number of pyridine rings is 1. The molecule has 3 rings (SSSR count). The minimum atomic E-state index is 0. The monoisotopic (exact) mass is 471 g/mol. The molecule has 9 heteroatoms. The van der Waals surface area contributed by atoms with Crippen LogP contribution in [0.2, 0.25) is 0 Å². The minimum absolute atomic E-state index is 0. The summed E-state index contributed by atoms with van der Waals surface area (Å²) in [6.45, 7) is 6.14. The average molecular weight is 471 g/mol. The maximum absolute atomic E-state index is 4.60. The van der Waals surface area contributed by atoms with Crippen molar-refractivity contribution in [1.29, 1.82) is 0 Å². The maximum atomic E-state index is 4.60. The summed E-state index contributed by atoms with van der Waals surface area (Å²) in [7, 11) is 0. The molecule has 0 bridgehead atoms. The molecular weight excluding hydrogens is 449 g/mol. The van der Waals surface area contributed by atoms with Crippen LogP contribution in [0.1, 0.15) is 23.4 Å². The first kappa shape index (κ1) is 19.6. The Hall–Kier alpha value is -1.75. The van der Waals surface area contributed by atoms with Crippen molar-refractivity contribution in [3.63, 3.8) is 0 Å². The molecule has 0 aliphatic carbocycles. The van der Waals surface area contributed by atoms with Crippen LogP contribution in [-0.2, 0) is 13.0 Å². The Morgan fingerprint density at radius 1 is 1.28 bits per heavy atom. The third kappa shape index (κ3) is 5.36. The van der Waals surface area contributed by atoms with Gasteiger partial charge in [-0.1, -0.05) is 6.07 Å². The zero-order valence-corrected chi connectivity index (χ0v) is 17.4. The summed E-state index contributed by atoms with van der Waals surface area (Å²) in [4.78, 5) is 9.07. The zero-order valence-electron chi connectivity index (χ0n) is 14.3. The van der Waals surface area contributed by atoms with Crippen LogP contribution in [0.4, 0.5) is 0 Å². The first-order valence-corrected chi connectivity index (χ1v) is 8.86. The van der Waals surface area contributed by atoms with Gasteiger partial charge < -0.3 is 10.6 Å². The molecule has 0 aliphatic rings. The van der Waals surface area contributed by atoms with E-state index in [2.05, 4.69) is 36.2 Å². The van der Waals surface area contributed by atoms with Crippen molar-refractivity contribution in [1.82, 2.24) is 30.2 Å². The zero-order chi connectivity index (χ0) is 16.8. The Labute approximate surface area is 168 Å². The highest BCUT2D eigenvalue weighted by Crippen LogP contribution is 2.07. The molecule has 25 heavy (non-hydrogen) atoms. The summed E-state index contributed by atoms with van der Waals surface area (Å²) in [5, 5.41) is 18.1. The molecule has 0 saturated carbocycles. The van der Waals surface area contributed by atoms with Crippen LogP contribution in [0.15, 0.2) is 34.8 Å². The Morgan fingerprint density at radius 3 is 2.92 bits per heavy atom. The highest BCUT2D eigenvalue weighted by atomic mass is 127. The van der Waals surface area contributed by atoms with E-state index < -0.39 is 0 Å². The van der Waals surface area contributed by atoms with Crippen LogP contribution >= 0.6 is 35.3 Å². The maximum Gasteiger partial charge on any atom is 0.191 e. The largest absolute Gasteiger partial charge is 0.357 e. The highest BCUT2D eigenvalue weighted by Gasteiger charge is 2.05. The standard InChI is InChI=1S/C16H21N7S.HI/c1-3-17-16(18-8-7-13-11-24-12(2)20-13)19-10-15-22-21-14-6-4-5-9-23(14)15;/h4-6,9,11H,3,7-8,10H2,1-2H3,(H2,17,18,19);1H. The van der Waals surface area contributed by atoms with Gasteiger partial charge in [-0.05, 0) is 26.0 Å². The summed E-state index contributed by atoms with van der Waals surface area (Å²) in [5.41, 5.74) is 1.95. The number of nitrogens with one attached hydrogen (secondary N) is 2. The van der Waals surface area contributed by atoms with Crippen molar-refractivity contribution >= 4 is 46.9 Å². The number of halogens is 1. The van der Waals surface area contributed by atoms with Gasteiger partial charge in [0.2, 0.25) is 0 Å². The lowest BCUT2D eigenvalue weighted by Gasteiger charge is -2.10. The van der Waals surface area contributed by atoms with Crippen molar-refractivity contribution in [2.75, 3.05) is 13.1 Å². The van der Waals surface area contributed by atoms with Crippen molar-refractivity contribution < 1.29 is 0 Å². The van der Waals surface area contributed by atoms with E-state index in [1.165, 1.54) is 0 Å². The second-order valence-corrected chi connectivity index (χ2v) is 6.34. The van der Waals surface area contributed by atoms with E-state index >= 15 is 0 Å². The number of rotatable bonds is 6. The number of thiazole rings is 1. The lowest BCUT2D eigenvalue weighted by Crippen LogP contribution is -2.38. The summed E-state index contributed by atoms with van der Waals surface area (Å²) < 4.78 is 1.95. The van der Waals surface area contributed by atoms with E-state index in [0.717, 1.165) is 47.6 Å². The topological polar surface area (TPSA) is 79.5 Å². The fraction of sp³-hybridized carbons (Fsp3) is 0.375.